The lowest BCUT2D eigenvalue weighted by molar-refractivity contribution is -0.138. The first kappa shape index (κ1) is 27.5. The summed E-state index contributed by atoms with van der Waals surface area (Å²) in [4.78, 5) is 32.0. The smallest absolute Gasteiger partial charge is 0.354 e. The molecule has 2 aromatic carbocycles. The number of benzene rings is 2. The van der Waals surface area contributed by atoms with Crippen LogP contribution in [0.5, 0.6) is 0 Å². The van der Waals surface area contributed by atoms with Gasteiger partial charge >= 0.3 is 12.4 Å². The molecule has 0 fully saturated rings. The number of fused-ring (bicyclic) bond motifs is 1. The molecule has 0 unspecified atom stereocenters. The number of aromatic amines is 1. The molecule has 0 aliphatic heterocycles. The first-order valence-corrected chi connectivity index (χ1v) is 11.5. The van der Waals surface area contributed by atoms with Gasteiger partial charge in [-0.25, -0.2) is 19.5 Å². The lowest BCUT2D eigenvalue weighted by Gasteiger charge is -2.14. The molecule has 0 bridgehead atoms. The summed E-state index contributed by atoms with van der Waals surface area (Å²) in [7, 11) is 0. The van der Waals surface area contributed by atoms with E-state index in [4.69, 9.17) is 0 Å². The Labute approximate surface area is 224 Å². The van der Waals surface area contributed by atoms with E-state index in [2.05, 4.69) is 20.4 Å². The van der Waals surface area contributed by atoms with E-state index in [-0.39, 0.29) is 34.4 Å². The fourth-order valence-electron chi connectivity index (χ4n) is 4.09. The normalized spacial score (nSPS) is 12.1. The van der Waals surface area contributed by atoms with Gasteiger partial charge in [-0.05, 0) is 41.3 Å². The molecule has 41 heavy (non-hydrogen) atoms. The van der Waals surface area contributed by atoms with Crippen LogP contribution in [0.3, 0.4) is 0 Å². The van der Waals surface area contributed by atoms with Crippen LogP contribution in [-0.4, -0.2) is 24.7 Å². The minimum atomic E-state index is -4.94. The van der Waals surface area contributed by atoms with Crippen LogP contribution in [0.4, 0.5) is 42.1 Å². The molecule has 0 aliphatic rings. The number of H-pyrrole nitrogens is 1. The molecule has 2 N–H and O–H groups in total. The molecular weight excluding hydrogens is 561 g/mol. The van der Waals surface area contributed by atoms with Crippen molar-refractivity contribution in [3.8, 4) is 11.4 Å². The van der Waals surface area contributed by atoms with Crippen molar-refractivity contribution in [3.63, 3.8) is 0 Å². The number of pyridine rings is 1. The summed E-state index contributed by atoms with van der Waals surface area (Å²) < 4.78 is 94.6. The minimum absolute atomic E-state index is 0.0284. The zero-order chi connectivity index (χ0) is 29.5. The van der Waals surface area contributed by atoms with Crippen LogP contribution in [0.1, 0.15) is 16.7 Å². The summed E-state index contributed by atoms with van der Waals surface area (Å²) in [6.45, 7) is -0.0462. The maximum Gasteiger partial charge on any atom is 0.423 e. The van der Waals surface area contributed by atoms with Crippen LogP contribution in [0.2, 0.25) is 0 Å². The average Bonchev–Trinajstić information content (AvgIpc) is 2.89. The lowest BCUT2D eigenvalue weighted by atomic mass is 10.1. The minimum Gasteiger partial charge on any atom is -0.354 e. The van der Waals surface area contributed by atoms with E-state index >= 15 is 0 Å². The van der Waals surface area contributed by atoms with E-state index in [1.54, 1.807) is 11.2 Å². The van der Waals surface area contributed by atoms with Crippen molar-refractivity contribution >= 4 is 22.1 Å². The number of halogens is 7. The first-order valence-electron chi connectivity index (χ1n) is 11.5. The van der Waals surface area contributed by atoms with E-state index in [1.165, 1.54) is 41.1 Å². The molecular formula is C26H15F7N6O2. The van der Waals surface area contributed by atoms with Gasteiger partial charge in [0.25, 0.3) is 11.1 Å². The average molecular weight is 576 g/mol. The lowest BCUT2D eigenvalue weighted by Crippen LogP contribution is -2.24. The number of rotatable bonds is 5. The summed E-state index contributed by atoms with van der Waals surface area (Å²) in [5.41, 5.74) is -4.66. The zero-order valence-corrected chi connectivity index (χ0v) is 20.3. The van der Waals surface area contributed by atoms with Gasteiger partial charge in [0.15, 0.2) is 5.82 Å². The summed E-state index contributed by atoms with van der Waals surface area (Å²) in [6, 6.07) is 9.71. The number of anilines is 2. The van der Waals surface area contributed by atoms with Crippen LogP contribution in [-0.2, 0) is 18.9 Å². The Hall–Kier alpha value is -5.08. The summed E-state index contributed by atoms with van der Waals surface area (Å²) in [5, 5.41) is 7.92. The molecule has 15 heteroatoms. The van der Waals surface area contributed by atoms with Crippen molar-refractivity contribution < 1.29 is 30.7 Å². The Balaban J connectivity index is 1.43. The van der Waals surface area contributed by atoms with Crippen molar-refractivity contribution in [2.75, 3.05) is 5.32 Å². The number of aromatic nitrogens is 5. The Bertz CT molecular complexity index is 1880. The highest BCUT2D eigenvalue weighted by Gasteiger charge is 2.37. The van der Waals surface area contributed by atoms with Crippen LogP contribution >= 0.6 is 0 Å². The van der Waals surface area contributed by atoms with Crippen LogP contribution < -0.4 is 16.4 Å². The molecule has 8 nitrogen and oxygen atoms in total. The van der Waals surface area contributed by atoms with Gasteiger partial charge in [0.05, 0.1) is 34.9 Å². The number of nitrogens with one attached hydrogen (secondary N) is 2. The number of hydrogen-bond donors (Lipinski definition) is 2. The standard InChI is InChI=1S/C26H15F7N6O2/c27-19-8-17-14(7-18(19)22-34-9-15(10-35-22)25(28,29)30)4-5-39(24(17)41)12-13-2-1-3-16(6-13)37-20-11-36-38-23(40)21(20)26(31,32)33/h1-11H,12H2,(H2,37,38,40). The monoisotopic (exact) mass is 576 g/mol. The molecule has 5 rings (SSSR count). The van der Waals surface area contributed by atoms with Crippen molar-refractivity contribution in [2.45, 2.75) is 18.9 Å². The summed E-state index contributed by atoms with van der Waals surface area (Å²) in [6.07, 6.45) is -6.31. The topological polar surface area (TPSA) is 106 Å². The number of hydrogen-bond acceptors (Lipinski definition) is 6. The number of nitrogens with zero attached hydrogens (tertiary/aromatic N) is 4. The Morgan fingerprint density at radius 2 is 1.63 bits per heavy atom. The molecule has 5 aromatic rings. The molecule has 0 atom stereocenters. The van der Waals surface area contributed by atoms with E-state index in [0.29, 0.717) is 18.0 Å². The predicted molar refractivity (Wildman–Crippen MR) is 133 cm³/mol. The molecule has 0 saturated carbocycles. The number of alkyl halides is 6. The van der Waals surface area contributed by atoms with Gasteiger partial charge in [-0.2, -0.15) is 31.4 Å². The SMILES string of the molecule is O=c1[nH]ncc(Nc2cccc(Cn3ccc4cc(-c5ncc(C(F)(F)F)cn5)c(F)cc4c3=O)c2)c1C(F)(F)F. The first-order chi connectivity index (χ1) is 19.3. The van der Waals surface area contributed by atoms with Crippen LogP contribution in [0.25, 0.3) is 22.2 Å². The highest BCUT2D eigenvalue weighted by atomic mass is 19.4. The second kappa shape index (κ2) is 10.1. The maximum atomic E-state index is 14.9. The van der Waals surface area contributed by atoms with Crippen molar-refractivity contribution in [1.29, 1.82) is 0 Å². The van der Waals surface area contributed by atoms with Gasteiger partial charge in [-0.1, -0.05) is 12.1 Å². The highest BCUT2D eigenvalue weighted by molar-refractivity contribution is 5.86. The van der Waals surface area contributed by atoms with Gasteiger partial charge in [-0.15, -0.1) is 0 Å². The van der Waals surface area contributed by atoms with Gasteiger partial charge in [0.2, 0.25) is 0 Å². The van der Waals surface area contributed by atoms with E-state index in [9.17, 15) is 40.3 Å². The summed E-state index contributed by atoms with van der Waals surface area (Å²) in [5.74, 6) is -1.22. The molecule has 3 aromatic heterocycles. The van der Waals surface area contributed by atoms with Crippen molar-refractivity contribution in [1.82, 2.24) is 24.7 Å². The quantitative estimate of drug-likeness (QED) is 0.268. The predicted octanol–water partition coefficient (Wildman–Crippen LogP) is 5.51. The zero-order valence-electron chi connectivity index (χ0n) is 20.3. The molecule has 0 amide bonds. The molecule has 0 radical (unpaired) electrons. The van der Waals surface area contributed by atoms with E-state index in [1.807, 2.05) is 0 Å². The fraction of sp³-hybridized carbons (Fsp3) is 0.115. The second-order valence-electron chi connectivity index (χ2n) is 8.77. The van der Waals surface area contributed by atoms with Gasteiger partial charge in [-0.3, -0.25) is 9.59 Å². The largest absolute Gasteiger partial charge is 0.423 e. The molecule has 0 aliphatic carbocycles. The van der Waals surface area contributed by atoms with Gasteiger partial charge < -0.3 is 9.88 Å². The van der Waals surface area contributed by atoms with E-state index < -0.39 is 46.1 Å². The molecule has 210 valence electrons. The highest BCUT2D eigenvalue weighted by Crippen LogP contribution is 2.33. The molecule has 3 heterocycles. The third-order valence-corrected chi connectivity index (χ3v) is 5.98. The van der Waals surface area contributed by atoms with Crippen LogP contribution in [0.15, 0.2) is 76.8 Å². The Morgan fingerprint density at radius 1 is 0.902 bits per heavy atom. The second-order valence-corrected chi connectivity index (χ2v) is 8.77. The Morgan fingerprint density at radius 3 is 2.32 bits per heavy atom. The molecule has 0 saturated heterocycles. The van der Waals surface area contributed by atoms with Crippen molar-refractivity contribution in [3.05, 3.63) is 110 Å². The third-order valence-electron chi connectivity index (χ3n) is 5.98. The van der Waals surface area contributed by atoms with Gasteiger partial charge in [0.1, 0.15) is 11.4 Å². The fourth-order valence-corrected chi connectivity index (χ4v) is 4.09. The Kier molecular flexibility index (Phi) is 6.80. The summed E-state index contributed by atoms with van der Waals surface area (Å²) >= 11 is 0. The molecule has 0 spiro atoms. The van der Waals surface area contributed by atoms with Crippen molar-refractivity contribution in [2.24, 2.45) is 0 Å². The van der Waals surface area contributed by atoms with Crippen LogP contribution in [0, 0.1) is 5.82 Å². The van der Waals surface area contributed by atoms with E-state index in [0.717, 1.165) is 12.3 Å². The maximum absolute atomic E-state index is 14.9. The third kappa shape index (κ3) is 5.64. The van der Waals surface area contributed by atoms with Gasteiger partial charge in [0, 0.05) is 24.3 Å².